The summed E-state index contributed by atoms with van der Waals surface area (Å²) >= 11 is 0. The van der Waals surface area contributed by atoms with E-state index in [-0.39, 0.29) is 17.9 Å². The van der Waals surface area contributed by atoms with E-state index in [1.165, 1.54) is 4.90 Å². The molecule has 3 nitrogen and oxygen atoms in total. The van der Waals surface area contributed by atoms with Gasteiger partial charge in [-0.05, 0) is 30.4 Å². The first kappa shape index (κ1) is 11.6. The zero-order chi connectivity index (χ0) is 13.7. The van der Waals surface area contributed by atoms with Gasteiger partial charge in [0.05, 0.1) is 0 Å². The summed E-state index contributed by atoms with van der Waals surface area (Å²) in [6.45, 7) is 0. The molecule has 2 amide bonds. The smallest absolute Gasteiger partial charge is 0.261 e. The van der Waals surface area contributed by atoms with Gasteiger partial charge >= 0.3 is 0 Å². The molecule has 1 aliphatic heterocycles. The highest BCUT2D eigenvalue weighted by atomic mass is 16.2. The van der Waals surface area contributed by atoms with Gasteiger partial charge < -0.3 is 0 Å². The van der Waals surface area contributed by atoms with E-state index in [0.717, 1.165) is 36.5 Å². The van der Waals surface area contributed by atoms with Gasteiger partial charge in [0.25, 0.3) is 11.8 Å². The van der Waals surface area contributed by atoms with E-state index in [2.05, 4.69) is 0 Å². The zero-order valence-corrected chi connectivity index (χ0v) is 11.1. The second kappa shape index (κ2) is 4.17. The molecule has 100 valence electrons. The SMILES string of the molecule is O=C1c2cccc3cccc(c23)C(=O)N1C1CCCC1. The van der Waals surface area contributed by atoms with Gasteiger partial charge in [-0.25, -0.2) is 0 Å². The quantitative estimate of drug-likeness (QED) is 0.741. The van der Waals surface area contributed by atoms with Gasteiger partial charge in [0.1, 0.15) is 0 Å². The lowest BCUT2D eigenvalue weighted by molar-refractivity contribution is 0.0542. The van der Waals surface area contributed by atoms with Crippen molar-refractivity contribution in [2.75, 3.05) is 0 Å². The lowest BCUT2D eigenvalue weighted by Crippen LogP contribution is -2.45. The van der Waals surface area contributed by atoms with Crippen molar-refractivity contribution >= 4 is 22.6 Å². The van der Waals surface area contributed by atoms with Gasteiger partial charge in [-0.2, -0.15) is 0 Å². The largest absolute Gasteiger partial charge is 0.271 e. The summed E-state index contributed by atoms with van der Waals surface area (Å²) in [6, 6.07) is 11.4. The molecular weight excluding hydrogens is 250 g/mol. The van der Waals surface area contributed by atoms with Crippen molar-refractivity contribution in [2.45, 2.75) is 31.7 Å². The molecule has 0 spiro atoms. The highest BCUT2D eigenvalue weighted by Crippen LogP contribution is 2.34. The number of hydrogen-bond donors (Lipinski definition) is 0. The van der Waals surface area contributed by atoms with Crippen molar-refractivity contribution in [1.82, 2.24) is 4.90 Å². The van der Waals surface area contributed by atoms with Crippen LogP contribution in [-0.4, -0.2) is 22.8 Å². The fourth-order valence-electron chi connectivity index (χ4n) is 3.54. The molecule has 20 heavy (non-hydrogen) atoms. The molecule has 2 aliphatic rings. The van der Waals surface area contributed by atoms with Crippen molar-refractivity contribution < 1.29 is 9.59 Å². The maximum atomic E-state index is 12.7. The normalized spacial score (nSPS) is 19.1. The fraction of sp³-hybridized carbons (Fsp3) is 0.294. The first-order valence-corrected chi connectivity index (χ1v) is 7.17. The Kier molecular flexibility index (Phi) is 2.43. The molecule has 0 unspecified atom stereocenters. The first-order valence-electron chi connectivity index (χ1n) is 7.17. The Bertz CT molecular complexity index is 678. The van der Waals surface area contributed by atoms with Gasteiger partial charge in [0.15, 0.2) is 0 Å². The van der Waals surface area contributed by atoms with E-state index in [9.17, 15) is 9.59 Å². The number of nitrogens with zero attached hydrogens (tertiary/aromatic N) is 1. The average Bonchev–Trinajstić information content (AvgIpc) is 2.99. The van der Waals surface area contributed by atoms with Crippen LogP contribution in [-0.2, 0) is 0 Å². The molecule has 0 aromatic heterocycles. The average molecular weight is 265 g/mol. The van der Waals surface area contributed by atoms with Gasteiger partial charge in [0.2, 0.25) is 0 Å². The van der Waals surface area contributed by atoms with Crippen LogP contribution in [0.3, 0.4) is 0 Å². The summed E-state index contributed by atoms with van der Waals surface area (Å²) in [5.41, 5.74) is 1.34. The summed E-state index contributed by atoms with van der Waals surface area (Å²) in [6.07, 6.45) is 4.09. The van der Waals surface area contributed by atoms with Crippen molar-refractivity contribution in [3.05, 3.63) is 47.5 Å². The monoisotopic (exact) mass is 265 g/mol. The van der Waals surface area contributed by atoms with Crippen molar-refractivity contribution in [3.8, 4) is 0 Å². The van der Waals surface area contributed by atoms with Crippen molar-refractivity contribution in [2.24, 2.45) is 0 Å². The number of imide groups is 1. The number of carbonyl (C=O) groups excluding carboxylic acids is 2. The number of carbonyl (C=O) groups is 2. The Balaban J connectivity index is 1.95. The highest BCUT2D eigenvalue weighted by molar-refractivity contribution is 6.25. The third-order valence-corrected chi connectivity index (χ3v) is 4.49. The zero-order valence-electron chi connectivity index (χ0n) is 11.1. The Labute approximate surface area is 117 Å². The standard InChI is InChI=1S/C17H15NO2/c19-16-13-9-3-5-11-6-4-10-14(15(11)13)17(20)18(16)12-7-1-2-8-12/h3-6,9-10,12H,1-2,7-8H2. The third kappa shape index (κ3) is 1.46. The fourth-order valence-corrected chi connectivity index (χ4v) is 3.54. The molecule has 2 aromatic carbocycles. The molecule has 1 aliphatic carbocycles. The van der Waals surface area contributed by atoms with E-state index < -0.39 is 0 Å². The van der Waals surface area contributed by atoms with Crippen LogP contribution >= 0.6 is 0 Å². The molecule has 2 aromatic rings. The molecule has 3 heteroatoms. The minimum Gasteiger partial charge on any atom is -0.271 e. The molecule has 0 radical (unpaired) electrons. The molecule has 0 bridgehead atoms. The predicted molar refractivity (Wildman–Crippen MR) is 76.7 cm³/mol. The third-order valence-electron chi connectivity index (χ3n) is 4.49. The summed E-state index contributed by atoms with van der Waals surface area (Å²) in [5.74, 6) is -0.239. The number of hydrogen-bond acceptors (Lipinski definition) is 2. The lowest BCUT2D eigenvalue weighted by Gasteiger charge is -2.31. The van der Waals surface area contributed by atoms with E-state index in [0.29, 0.717) is 11.1 Å². The summed E-state index contributed by atoms with van der Waals surface area (Å²) in [7, 11) is 0. The molecule has 0 N–H and O–H groups in total. The summed E-state index contributed by atoms with van der Waals surface area (Å²) in [4.78, 5) is 26.9. The Morgan fingerprint density at radius 1 is 0.850 bits per heavy atom. The van der Waals surface area contributed by atoms with E-state index in [1.807, 2.05) is 36.4 Å². The highest BCUT2D eigenvalue weighted by Gasteiger charge is 2.38. The lowest BCUT2D eigenvalue weighted by atomic mass is 9.93. The summed E-state index contributed by atoms with van der Waals surface area (Å²) < 4.78 is 0. The first-order chi connectivity index (χ1) is 9.77. The van der Waals surface area contributed by atoms with Crippen LogP contribution in [0.5, 0.6) is 0 Å². The predicted octanol–water partition coefficient (Wildman–Crippen LogP) is 3.38. The topological polar surface area (TPSA) is 37.4 Å². The van der Waals surface area contributed by atoms with Crippen LogP contribution in [0.4, 0.5) is 0 Å². The second-order valence-corrected chi connectivity index (χ2v) is 5.63. The summed E-state index contributed by atoms with van der Waals surface area (Å²) in [5, 5.41) is 1.78. The number of benzene rings is 2. The Morgan fingerprint density at radius 3 is 1.95 bits per heavy atom. The molecular formula is C17H15NO2. The van der Waals surface area contributed by atoms with Crippen LogP contribution in [0.15, 0.2) is 36.4 Å². The molecule has 0 atom stereocenters. The minimum atomic E-state index is -0.119. The van der Waals surface area contributed by atoms with Gasteiger partial charge in [0, 0.05) is 22.6 Å². The van der Waals surface area contributed by atoms with Crippen LogP contribution in [0.1, 0.15) is 46.4 Å². The van der Waals surface area contributed by atoms with E-state index in [1.54, 1.807) is 0 Å². The van der Waals surface area contributed by atoms with Crippen LogP contribution in [0.2, 0.25) is 0 Å². The maximum absolute atomic E-state index is 12.7. The van der Waals surface area contributed by atoms with Gasteiger partial charge in [-0.15, -0.1) is 0 Å². The number of amides is 2. The van der Waals surface area contributed by atoms with Crippen LogP contribution in [0.25, 0.3) is 10.8 Å². The molecule has 4 rings (SSSR count). The molecule has 1 fully saturated rings. The van der Waals surface area contributed by atoms with E-state index >= 15 is 0 Å². The van der Waals surface area contributed by atoms with Crippen LogP contribution in [0, 0.1) is 0 Å². The van der Waals surface area contributed by atoms with Crippen molar-refractivity contribution in [3.63, 3.8) is 0 Å². The van der Waals surface area contributed by atoms with Gasteiger partial charge in [-0.1, -0.05) is 37.1 Å². The van der Waals surface area contributed by atoms with E-state index in [4.69, 9.17) is 0 Å². The second-order valence-electron chi connectivity index (χ2n) is 5.63. The van der Waals surface area contributed by atoms with Gasteiger partial charge in [-0.3, -0.25) is 14.5 Å². The molecule has 1 heterocycles. The molecule has 1 saturated carbocycles. The minimum absolute atomic E-state index is 0.0820. The van der Waals surface area contributed by atoms with Crippen molar-refractivity contribution in [1.29, 1.82) is 0 Å². The number of rotatable bonds is 1. The van der Waals surface area contributed by atoms with Crippen LogP contribution < -0.4 is 0 Å². The Morgan fingerprint density at radius 2 is 1.40 bits per heavy atom. The molecule has 0 saturated heterocycles. The maximum Gasteiger partial charge on any atom is 0.261 e. The Hall–Kier alpha value is -2.16.